The van der Waals surface area contributed by atoms with Gasteiger partial charge in [0.05, 0.1) is 6.61 Å². The van der Waals surface area contributed by atoms with E-state index in [0.717, 1.165) is 31.4 Å². The van der Waals surface area contributed by atoms with Crippen LogP contribution in [0.5, 0.6) is 5.75 Å². The molecule has 0 aromatic heterocycles. The van der Waals surface area contributed by atoms with Crippen molar-refractivity contribution < 1.29 is 19.1 Å². The van der Waals surface area contributed by atoms with Crippen molar-refractivity contribution in [2.45, 2.75) is 38.6 Å². The first-order valence-corrected chi connectivity index (χ1v) is 8.55. The first-order chi connectivity index (χ1) is 11.7. The minimum Gasteiger partial charge on any atom is -0.482 e. The molecule has 1 aliphatic heterocycles. The number of hydrogen-bond acceptors (Lipinski definition) is 5. The van der Waals surface area contributed by atoms with Gasteiger partial charge in [-0.1, -0.05) is 12.1 Å². The number of benzene rings is 1. The molecule has 2 N–H and O–H groups in total. The Kier molecular flexibility index (Phi) is 9.96. The summed E-state index contributed by atoms with van der Waals surface area (Å²) in [6.07, 6.45) is 3.56. The first kappa shape index (κ1) is 21.3. The molecule has 1 saturated heterocycles. The van der Waals surface area contributed by atoms with E-state index >= 15 is 0 Å². The van der Waals surface area contributed by atoms with Gasteiger partial charge in [-0.2, -0.15) is 0 Å². The summed E-state index contributed by atoms with van der Waals surface area (Å²) < 4.78 is 10.1. The molecule has 2 rings (SSSR count). The standard InChI is InChI=1S/C18H26N2O4.ClH/c1-2-23-18(22)13-24-16-7-5-14(6-8-16)9-11-20-17(21)12-15-4-3-10-19-15;/h5-8,15,19H,2-4,9-13H2,1H3,(H,20,21);1H. The number of carbonyl (C=O) groups excluding carboxylic acids is 2. The van der Waals surface area contributed by atoms with Gasteiger partial charge in [-0.05, 0) is 50.4 Å². The Morgan fingerprint density at radius 2 is 2.04 bits per heavy atom. The lowest BCUT2D eigenvalue weighted by Crippen LogP contribution is -2.32. The topological polar surface area (TPSA) is 76.7 Å². The highest BCUT2D eigenvalue weighted by atomic mass is 35.5. The largest absolute Gasteiger partial charge is 0.482 e. The van der Waals surface area contributed by atoms with E-state index in [1.165, 1.54) is 0 Å². The van der Waals surface area contributed by atoms with Crippen molar-refractivity contribution in [1.82, 2.24) is 10.6 Å². The molecular formula is C18H27ClN2O4. The summed E-state index contributed by atoms with van der Waals surface area (Å²) in [6, 6.07) is 7.84. The van der Waals surface area contributed by atoms with Crippen LogP contribution in [0.2, 0.25) is 0 Å². The maximum absolute atomic E-state index is 11.8. The number of halogens is 1. The van der Waals surface area contributed by atoms with E-state index in [2.05, 4.69) is 10.6 Å². The molecular weight excluding hydrogens is 344 g/mol. The molecule has 0 bridgehead atoms. The van der Waals surface area contributed by atoms with Crippen LogP contribution in [0.4, 0.5) is 0 Å². The van der Waals surface area contributed by atoms with E-state index in [1.54, 1.807) is 6.92 Å². The van der Waals surface area contributed by atoms with E-state index in [1.807, 2.05) is 24.3 Å². The van der Waals surface area contributed by atoms with Gasteiger partial charge in [0.1, 0.15) is 5.75 Å². The van der Waals surface area contributed by atoms with E-state index < -0.39 is 0 Å². The molecule has 0 aliphatic carbocycles. The second-order valence-electron chi connectivity index (χ2n) is 5.84. The molecule has 6 nitrogen and oxygen atoms in total. The summed E-state index contributed by atoms with van der Waals surface area (Å²) in [7, 11) is 0. The molecule has 7 heteroatoms. The number of esters is 1. The molecule has 1 aromatic carbocycles. The maximum atomic E-state index is 11.8. The summed E-state index contributed by atoms with van der Waals surface area (Å²) in [5, 5.41) is 6.28. The van der Waals surface area contributed by atoms with Crippen molar-refractivity contribution in [2.75, 3.05) is 26.3 Å². The van der Waals surface area contributed by atoms with Crippen molar-refractivity contribution in [2.24, 2.45) is 0 Å². The zero-order chi connectivity index (χ0) is 17.2. The van der Waals surface area contributed by atoms with Gasteiger partial charge < -0.3 is 20.1 Å². The number of nitrogens with one attached hydrogen (secondary N) is 2. The summed E-state index contributed by atoms with van der Waals surface area (Å²) in [6.45, 7) is 3.66. The molecule has 1 heterocycles. The average Bonchev–Trinajstić information content (AvgIpc) is 3.07. The average molecular weight is 371 g/mol. The van der Waals surface area contributed by atoms with Crippen LogP contribution in [-0.2, 0) is 20.7 Å². The van der Waals surface area contributed by atoms with Crippen molar-refractivity contribution >= 4 is 24.3 Å². The van der Waals surface area contributed by atoms with Crippen LogP contribution in [-0.4, -0.2) is 44.2 Å². The molecule has 140 valence electrons. The lowest BCUT2D eigenvalue weighted by Gasteiger charge is -2.10. The van der Waals surface area contributed by atoms with Gasteiger partial charge in [0.2, 0.25) is 5.91 Å². The third kappa shape index (κ3) is 8.23. The van der Waals surface area contributed by atoms with Gasteiger partial charge in [0.25, 0.3) is 0 Å². The predicted octanol–water partition coefficient (Wildman–Crippen LogP) is 1.85. The Morgan fingerprint density at radius 3 is 2.68 bits per heavy atom. The van der Waals surface area contributed by atoms with Crippen molar-refractivity contribution in [3.05, 3.63) is 29.8 Å². The SMILES string of the molecule is CCOC(=O)COc1ccc(CCNC(=O)CC2CCCN2)cc1.Cl. The number of carbonyl (C=O) groups is 2. The minimum absolute atomic E-state index is 0. The van der Waals surface area contributed by atoms with Crippen molar-refractivity contribution in [3.63, 3.8) is 0 Å². The summed E-state index contributed by atoms with van der Waals surface area (Å²) in [5.74, 6) is 0.355. The van der Waals surface area contributed by atoms with Gasteiger partial charge in [0, 0.05) is 19.0 Å². The summed E-state index contributed by atoms with van der Waals surface area (Å²) in [4.78, 5) is 23.1. The smallest absolute Gasteiger partial charge is 0.344 e. The van der Waals surface area contributed by atoms with Crippen molar-refractivity contribution in [3.8, 4) is 5.75 Å². The molecule has 0 spiro atoms. The van der Waals surface area contributed by atoms with E-state index in [0.29, 0.717) is 31.4 Å². The Morgan fingerprint density at radius 1 is 1.28 bits per heavy atom. The molecule has 1 fully saturated rings. The molecule has 1 aromatic rings. The highest BCUT2D eigenvalue weighted by Gasteiger charge is 2.17. The summed E-state index contributed by atoms with van der Waals surface area (Å²) in [5.41, 5.74) is 1.11. The molecule has 1 unspecified atom stereocenters. The fourth-order valence-corrected chi connectivity index (χ4v) is 2.67. The third-order valence-electron chi connectivity index (χ3n) is 3.92. The normalized spacial score (nSPS) is 16.0. The Bertz CT molecular complexity index is 530. The highest BCUT2D eigenvalue weighted by molar-refractivity contribution is 5.85. The number of hydrogen-bond donors (Lipinski definition) is 2. The Balaban J connectivity index is 0.00000312. The zero-order valence-corrected chi connectivity index (χ0v) is 15.4. The van der Waals surface area contributed by atoms with Crippen LogP contribution in [0.25, 0.3) is 0 Å². The predicted molar refractivity (Wildman–Crippen MR) is 98.2 cm³/mol. The third-order valence-corrected chi connectivity index (χ3v) is 3.92. The fourth-order valence-electron chi connectivity index (χ4n) is 2.67. The number of rotatable bonds is 9. The molecule has 1 atom stereocenters. The Labute approximate surface area is 155 Å². The van der Waals surface area contributed by atoms with Gasteiger partial charge in [-0.25, -0.2) is 4.79 Å². The van der Waals surface area contributed by atoms with E-state index in [-0.39, 0.29) is 30.9 Å². The van der Waals surface area contributed by atoms with Crippen LogP contribution >= 0.6 is 12.4 Å². The monoisotopic (exact) mass is 370 g/mol. The van der Waals surface area contributed by atoms with Crippen LogP contribution in [0.15, 0.2) is 24.3 Å². The van der Waals surface area contributed by atoms with Crippen LogP contribution < -0.4 is 15.4 Å². The summed E-state index contributed by atoms with van der Waals surface area (Å²) >= 11 is 0. The molecule has 25 heavy (non-hydrogen) atoms. The van der Waals surface area contributed by atoms with Crippen LogP contribution in [0.3, 0.4) is 0 Å². The highest BCUT2D eigenvalue weighted by Crippen LogP contribution is 2.12. The second kappa shape index (κ2) is 11.7. The van der Waals surface area contributed by atoms with E-state index in [4.69, 9.17) is 9.47 Å². The van der Waals surface area contributed by atoms with E-state index in [9.17, 15) is 9.59 Å². The van der Waals surface area contributed by atoms with Crippen LogP contribution in [0.1, 0.15) is 31.7 Å². The van der Waals surface area contributed by atoms with Gasteiger partial charge in [-0.15, -0.1) is 12.4 Å². The number of ether oxygens (including phenoxy) is 2. The van der Waals surface area contributed by atoms with Gasteiger partial charge in [0.15, 0.2) is 6.61 Å². The fraction of sp³-hybridized carbons (Fsp3) is 0.556. The van der Waals surface area contributed by atoms with Crippen LogP contribution in [0, 0.1) is 0 Å². The lowest BCUT2D eigenvalue weighted by atomic mass is 10.1. The molecule has 1 amide bonds. The van der Waals surface area contributed by atoms with Crippen molar-refractivity contribution in [1.29, 1.82) is 0 Å². The number of amides is 1. The Hall–Kier alpha value is -1.79. The molecule has 0 saturated carbocycles. The minimum atomic E-state index is -0.374. The zero-order valence-electron chi connectivity index (χ0n) is 14.6. The molecule has 1 aliphatic rings. The molecule has 0 radical (unpaired) electrons. The quantitative estimate of drug-likeness (QED) is 0.649. The second-order valence-corrected chi connectivity index (χ2v) is 5.84. The first-order valence-electron chi connectivity index (χ1n) is 8.55. The maximum Gasteiger partial charge on any atom is 0.344 e. The lowest BCUT2D eigenvalue weighted by molar-refractivity contribution is -0.145. The van der Waals surface area contributed by atoms with Gasteiger partial charge in [-0.3, -0.25) is 4.79 Å². The van der Waals surface area contributed by atoms with Gasteiger partial charge >= 0.3 is 5.97 Å².